The fourth-order valence-electron chi connectivity index (χ4n) is 2.19. The molecule has 1 aromatic rings. The Balaban J connectivity index is 2.66. The number of hydrogen-bond donors (Lipinski definition) is 1. The molecule has 1 N–H and O–H groups in total. The Morgan fingerprint density at radius 3 is 2.33 bits per heavy atom. The average Bonchev–Trinajstić information content (AvgIpc) is 2.36. The van der Waals surface area contributed by atoms with E-state index in [-0.39, 0.29) is 0 Å². The van der Waals surface area contributed by atoms with E-state index in [1.54, 1.807) is 0 Å². The molecule has 2 rings (SSSR count). The summed E-state index contributed by atoms with van der Waals surface area (Å²) in [4.78, 5) is -1.33. The molecule has 1 aromatic carbocycles. The van der Waals surface area contributed by atoms with Gasteiger partial charge in [-0.1, -0.05) is 0 Å². The first-order valence-electron chi connectivity index (χ1n) is 6.16. The fourth-order valence-corrected chi connectivity index (χ4v) is 4.72. The van der Waals surface area contributed by atoms with Crippen LogP contribution in [0.15, 0.2) is 21.9 Å². The van der Waals surface area contributed by atoms with Gasteiger partial charge in [0.2, 0.25) is 0 Å². The second-order valence-corrected chi connectivity index (χ2v) is 8.87. The Morgan fingerprint density at radius 2 is 1.86 bits per heavy atom. The minimum Gasteiger partial charge on any atom is -0.371 e. The molecule has 0 aromatic heterocycles. The minimum absolute atomic E-state index is 0.299. The molecule has 9 heteroatoms. The van der Waals surface area contributed by atoms with Crippen LogP contribution in [0.2, 0.25) is 0 Å². The summed E-state index contributed by atoms with van der Waals surface area (Å²) < 4.78 is 66.5. The van der Waals surface area contributed by atoms with Crippen LogP contribution in [0.3, 0.4) is 0 Å². The van der Waals surface area contributed by atoms with Crippen molar-refractivity contribution in [2.24, 2.45) is 0 Å². The van der Waals surface area contributed by atoms with Crippen LogP contribution in [-0.4, -0.2) is 49.0 Å². The maximum atomic E-state index is 14.2. The molecule has 1 aliphatic rings. The van der Waals surface area contributed by atoms with Crippen LogP contribution in [-0.2, 0) is 24.4 Å². The van der Waals surface area contributed by atoms with Gasteiger partial charge in [0, 0.05) is 25.6 Å². The summed E-state index contributed by atoms with van der Waals surface area (Å²) in [6.07, 6.45) is 1.11. The van der Waals surface area contributed by atoms with E-state index >= 15 is 0 Å². The summed E-state index contributed by atoms with van der Waals surface area (Å²) in [5, 5.41) is 3.04. The molecule has 0 bridgehead atoms. The Labute approximate surface area is 123 Å². The zero-order valence-electron chi connectivity index (χ0n) is 11.6. The van der Waals surface area contributed by atoms with Gasteiger partial charge in [0.25, 0.3) is 0 Å². The van der Waals surface area contributed by atoms with Crippen molar-refractivity contribution in [3.63, 3.8) is 0 Å². The van der Waals surface area contributed by atoms with Gasteiger partial charge >= 0.3 is 0 Å². The largest absolute Gasteiger partial charge is 0.371 e. The lowest BCUT2D eigenvalue weighted by atomic mass is 10.1. The number of halogens is 1. The topological polar surface area (TPSA) is 89.5 Å². The predicted octanol–water partition coefficient (Wildman–Crippen LogP) is 0.294. The van der Waals surface area contributed by atoms with Gasteiger partial charge in [-0.25, -0.2) is 21.2 Å². The van der Waals surface area contributed by atoms with Gasteiger partial charge in [-0.05, 0) is 17.7 Å². The van der Waals surface area contributed by atoms with Gasteiger partial charge in [0.1, 0.15) is 10.7 Å². The molecular formula is C12H16FNO5S2. The van der Waals surface area contributed by atoms with Gasteiger partial charge in [0.15, 0.2) is 19.7 Å². The van der Waals surface area contributed by atoms with E-state index in [9.17, 15) is 21.2 Å². The lowest BCUT2D eigenvalue weighted by molar-refractivity contribution is 0.0273. The maximum Gasteiger partial charge on any atom is 0.179 e. The van der Waals surface area contributed by atoms with Crippen molar-refractivity contribution in [2.75, 3.05) is 32.2 Å². The highest BCUT2D eigenvalue weighted by molar-refractivity contribution is 7.93. The number of benzene rings is 1. The lowest BCUT2D eigenvalue weighted by Crippen LogP contribution is -2.33. The van der Waals surface area contributed by atoms with E-state index in [4.69, 9.17) is 4.74 Å². The van der Waals surface area contributed by atoms with E-state index in [1.165, 1.54) is 6.07 Å². The average molecular weight is 337 g/mol. The SMILES string of the molecule is CS(=O)(=O)c1cc(C2CNCCO2)cc(F)c1S(C)(=O)=O. The molecule has 1 atom stereocenters. The van der Waals surface area contributed by atoms with Gasteiger partial charge < -0.3 is 10.1 Å². The third-order valence-electron chi connectivity index (χ3n) is 3.10. The van der Waals surface area contributed by atoms with Crippen LogP contribution in [0.4, 0.5) is 4.39 Å². The number of hydrogen-bond acceptors (Lipinski definition) is 6. The van der Waals surface area contributed by atoms with Gasteiger partial charge in [-0.15, -0.1) is 0 Å². The van der Waals surface area contributed by atoms with Gasteiger partial charge in [0.05, 0.1) is 17.6 Å². The molecule has 0 spiro atoms. The monoisotopic (exact) mass is 337 g/mol. The molecule has 6 nitrogen and oxygen atoms in total. The van der Waals surface area contributed by atoms with Crippen molar-refractivity contribution in [1.29, 1.82) is 0 Å². The zero-order valence-corrected chi connectivity index (χ0v) is 13.2. The van der Waals surface area contributed by atoms with Crippen molar-refractivity contribution in [3.8, 4) is 0 Å². The maximum absolute atomic E-state index is 14.2. The molecule has 1 unspecified atom stereocenters. The molecule has 0 aliphatic carbocycles. The highest BCUT2D eigenvalue weighted by atomic mass is 32.2. The smallest absolute Gasteiger partial charge is 0.179 e. The summed E-state index contributed by atoms with van der Waals surface area (Å²) in [7, 11) is -7.90. The molecule has 1 fully saturated rings. The van der Waals surface area contributed by atoms with E-state index in [1.807, 2.05) is 0 Å². The second-order valence-electron chi connectivity index (χ2n) is 4.94. The van der Waals surface area contributed by atoms with E-state index < -0.39 is 41.4 Å². The third-order valence-corrected chi connectivity index (χ3v) is 5.51. The Kier molecular flexibility index (Phi) is 4.39. The van der Waals surface area contributed by atoms with Crippen molar-refractivity contribution >= 4 is 19.7 Å². The summed E-state index contributed by atoms with van der Waals surface area (Å²) in [6.45, 7) is 1.47. The molecule has 0 radical (unpaired) electrons. The summed E-state index contributed by atoms with van der Waals surface area (Å²) in [6, 6.07) is 2.19. The summed E-state index contributed by atoms with van der Waals surface area (Å²) in [5.41, 5.74) is 0.299. The third kappa shape index (κ3) is 3.60. The Hall–Kier alpha value is -1.03. The number of sulfone groups is 2. The number of ether oxygens (including phenoxy) is 1. The summed E-state index contributed by atoms with van der Waals surface area (Å²) >= 11 is 0. The van der Waals surface area contributed by atoms with Crippen LogP contribution < -0.4 is 5.32 Å². The first-order valence-corrected chi connectivity index (χ1v) is 9.95. The lowest BCUT2D eigenvalue weighted by Gasteiger charge is -2.24. The second kappa shape index (κ2) is 5.64. The standard InChI is InChI=1S/C12H16FNO5S2/c1-20(15,16)11-6-8(10-7-14-3-4-19-10)5-9(13)12(11)21(2,17)18/h5-6,10,14H,3-4,7H2,1-2H3. The molecule has 0 saturated carbocycles. The zero-order chi connectivity index (χ0) is 15.8. The number of nitrogens with one attached hydrogen (secondary N) is 1. The molecule has 21 heavy (non-hydrogen) atoms. The summed E-state index contributed by atoms with van der Waals surface area (Å²) in [5.74, 6) is -1.08. The first kappa shape index (κ1) is 16.3. The van der Waals surface area contributed by atoms with Crippen LogP contribution in [0.25, 0.3) is 0 Å². The normalized spacial score (nSPS) is 20.4. The van der Waals surface area contributed by atoms with Crippen molar-refractivity contribution in [2.45, 2.75) is 15.9 Å². The van der Waals surface area contributed by atoms with Crippen LogP contribution in [0, 0.1) is 5.82 Å². The van der Waals surface area contributed by atoms with Gasteiger partial charge in [-0.3, -0.25) is 0 Å². The quantitative estimate of drug-likeness (QED) is 0.853. The Bertz CT molecular complexity index is 752. The van der Waals surface area contributed by atoms with Crippen molar-refractivity contribution < 1.29 is 26.0 Å². The Morgan fingerprint density at radius 1 is 1.19 bits per heavy atom. The van der Waals surface area contributed by atoms with E-state index in [2.05, 4.69) is 5.32 Å². The fraction of sp³-hybridized carbons (Fsp3) is 0.500. The van der Waals surface area contributed by atoms with Crippen molar-refractivity contribution in [1.82, 2.24) is 5.32 Å². The molecule has 1 aliphatic heterocycles. The molecule has 1 heterocycles. The highest BCUT2D eigenvalue weighted by Crippen LogP contribution is 2.30. The van der Waals surface area contributed by atoms with Crippen molar-refractivity contribution in [3.05, 3.63) is 23.5 Å². The predicted molar refractivity (Wildman–Crippen MR) is 74.2 cm³/mol. The van der Waals surface area contributed by atoms with Gasteiger partial charge in [-0.2, -0.15) is 0 Å². The van der Waals surface area contributed by atoms with E-state index in [0.29, 0.717) is 25.3 Å². The molecule has 0 amide bonds. The van der Waals surface area contributed by atoms with E-state index in [0.717, 1.165) is 18.6 Å². The van der Waals surface area contributed by atoms with Crippen LogP contribution in [0.1, 0.15) is 11.7 Å². The first-order chi connectivity index (χ1) is 9.60. The van der Waals surface area contributed by atoms with Crippen LogP contribution >= 0.6 is 0 Å². The molecular weight excluding hydrogens is 321 g/mol. The van der Waals surface area contributed by atoms with Crippen LogP contribution in [0.5, 0.6) is 0 Å². The highest BCUT2D eigenvalue weighted by Gasteiger charge is 2.28. The molecule has 1 saturated heterocycles. The minimum atomic E-state index is -4.01. The number of rotatable bonds is 3. The number of morpholine rings is 1. The molecule has 118 valence electrons.